The van der Waals surface area contributed by atoms with Crippen LogP contribution in [0.1, 0.15) is 5.56 Å². The molecule has 0 saturated carbocycles. The molecule has 1 aliphatic heterocycles. The standard InChI is InChI=1S/C15H22N4O3/c1-19(2)15(21)18-12-5-3-4-11(8-12)9-17-14(20)13-10-22-7-6-16-13/h3-5,8,13,16H,6-7,9-10H2,1-2H3,(H,17,20)(H,18,21). The number of hydrogen-bond acceptors (Lipinski definition) is 4. The lowest BCUT2D eigenvalue weighted by Crippen LogP contribution is -2.51. The maximum absolute atomic E-state index is 12.0. The number of rotatable bonds is 4. The largest absolute Gasteiger partial charge is 0.378 e. The van der Waals surface area contributed by atoms with Gasteiger partial charge in [0.25, 0.3) is 0 Å². The van der Waals surface area contributed by atoms with Gasteiger partial charge in [-0.25, -0.2) is 4.79 Å². The lowest BCUT2D eigenvalue weighted by Gasteiger charge is -2.22. The van der Waals surface area contributed by atoms with E-state index in [-0.39, 0.29) is 18.0 Å². The van der Waals surface area contributed by atoms with E-state index in [0.717, 1.165) is 5.56 Å². The third-order valence-electron chi connectivity index (χ3n) is 3.29. The number of benzene rings is 1. The Balaban J connectivity index is 1.87. The Labute approximate surface area is 130 Å². The second-order valence-corrected chi connectivity index (χ2v) is 5.32. The van der Waals surface area contributed by atoms with E-state index in [2.05, 4.69) is 16.0 Å². The molecule has 0 radical (unpaired) electrons. The number of anilines is 1. The van der Waals surface area contributed by atoms with Gasteiger partial charge in [0.1, 0.15) is 6.04 Å². The SMILES string of the molecule is CN(C)C(=O)Nc1cccc(CNC(=O)C2COCCN2)c1. The molecule has 3 N–H and O–H groups in total. The predicted molar refractivity (Wildman–Crippen MR) is 83.6 cm³/mol. The third kappa shape index (κ3) is 4.71. The zero-order chi connectivity index (χ0) is 15.9. The molecule has 1 aromatic carbocycles. The minimum atomic E-state index is -0.301. The third-order valence-corrected chi connectivity index (χ3v) is 3.29. The van der Waals surface area contributed by atoms with Crippen LogP contribution in [0.3, 0.4) is 0 Å². The summed E-state index contributed by atoms with van der Waals surface area (Å²) in [5, 5.41) is 8.75. The maximum atomic E-state index is 12.0. The summed E-state index contributed by atoms with van der Waals surface area (Å²) >= 11 is 0. The molecule has 22 heavy (non-hydrogen) atoms. The summed E-state index contributed by atoms with van der Waals surface area (Å²) < 4.78 is 5.27. The van der Waals surface area contributed by atoms with Crippen LogP contribution in [-0.2, 0) is 16.1 Å². The molecule has 3 amide bonds. The van der Waals surface area contributed by atoms with Gasteiger partial charge >= 0.3 is 6.03 Å². The van der Waals surface area contributed by atoms with Crippen molar-refractivity contribution in [3.8, 4) is 0 Å². The van der Waals surface area contributed by atoms with E-state index in [1.807, 2.05) is 24.3 Å². The van der Waals surface area contributed by atoms with Crippen molar-refractivity contribution in [2.45, 2.75) is 12.6 Å². The fourth-order valence-electron chi connectivity index (χ4n) is 2.04. The highest BCUT2D eigenvalue weighted by molar-refractivity contribution is 5.89. The summed E-state index contributed by atoms with van der Waals surface area (Å²) in [4.78, 5) is 25.1. The number of hydrogen-bond donors (Lipinski definition) is 3. The number of amides is 3. The topological polar surface area (TPSA) is 82.7 Å². The molecule has 1 atom stereocenters. The van der Waals surface area contributed by atoms with Crippen LogP contribution < -0.4 is 16.0 Å². The Bertz CT molecular complexity index is 527. The monoisotopic (exact) mass is 306 g/mol. The fraction of sp³-hybridized carbons (Fsp3) is 0.467. The fourth-order valence-corrected chi connectivity index (χ4v) is 2.04. The zero-order valence-corrected chi connectivity index (χ0v) is 12.9. The van der Waals surface area contributed by atoms with Gasteiger partial charge < -0.3 is 25.6 Å². The molecule has 7 heteroatoms. The Hall–Kier alpha value is -2.12. The average Bonchev–Trinajstić information content (AvgIpc) is 2.53. The van der Waals surface area contributed by atoms with Gasteiger partial charge in [0.2, 0.25) is 5.91 Å². The molecule has 1 aliphatic rings. The molecule has 0 aliphatic carbocycles. The van der Waals surface area contributed by atoms with E-state index < -0.39 is 0 Å². The van der Waals surface area contributed by atoms with Crippen molar-refractivity contribution in [3.05, 3.63) is 29.8 Å². The van der Waals surface area contributed by atoms with Crippen LogP contribution >= 0.6 is 0 Å². The van der Waals surface area contributed by atoms with Gasteiger partial charge in [-0.15, -0.1) is 0 Å². The van der Waals surface area contributed by atoms with Crippen molar-refractivity contribution >= 4 is 17.6 Å². The van der Waals surface area contributed by atoms with Crippen molar-refractivity contribution in [1.29, 1.82) is 0 Å². The van der Waals surface area contributed by atoms with Crippen LogP contribution in [0, 0.1) is 0 Å². The van der Waals surface area contributed by atoms with E-state index in [1.54, 1.807) is 14.1 Å². The number of urea groups is 1. The Morgan fingerprint density at radius 1 is 1.41 bits per heavy atom. The molecular weight excluding hydrogens is 284 g/mol. The van der Waals surface area contributed by atoms with E-state index in [9.17, 15) is 9.59 Å². The summed E-state index contributed by atoms with van der Waals surface area (Å²) in [6, 6.07) is 6.90. The molecule has 1 heterocycles. The Morgan fingerprint density at radius 3 is 2.91 bits per heavy atom. The van der Waals surface area contributed by atoms with Crippen molar-refractivity contribution < 1.29 is 14.3 Å². The number of ether oxygens (including phenoxy) is 1. The summed E-state index contributed by atoms with van der Waals surface area (Å²) in [6.45, 7) is 2.12. The lowest BCUT2D eigenvalue weighted by molar-refractivity contribution is -0.126. The molecule has 1 aromatic rings. The van der Waals surface area contributed by atoms with Gasteiger partial charge in [-0.2, -0.15) is 0 Å². The van der Waals surface area contributed by atoms with Crippen LogP contribution in [0.4, 0.5) is 10.5 Å². The molecule has 2 rings (SSSR count). The first kappa shape index (κ1) is 16.3. The number of morpholine rings is 1. The van der Waals surface area contributed by atoms with Crippen molar-refractivity contribution in [1.82, 2.24) is 15.5 Å². The highest BCUT2D eigenvalue weighted by Gasteiger charge is 2.20. The zero-order valence-electron chi connectivity index (χ0n) is 12.9. The second-order valence-electron chi connectivity index (χ2n) is 5.32. The van der Waals surface area contributed by atoms with E-state index in [1.165, 1.54) is 4.90 Å². The van der Waals surface area contributed by atoms with E-state index >= 15 is 0 Å². The van der Waals surface area contributed by atoms with Crippen molar-refractivity contribution in [2.75, 3.05) is 39.2 Å². The molecule has 0 bridgehead atoms. The number of carbonyl (C=O) groups is 2. The first-order valence-corrected chi connectivity index (χ1v) is 7.22. The van der Waals surface area contributed by atoms with Crippen LogP contribution in [0.25, 0.3) is 0 Å². The van der Waals surface area contributed by atoms with Gasteiger partial charge in [0.15, 0.2) is 0 Å². The molecule has 0 spiro atoms. The highest BCUT2D eigenvalue weighted by atomic mass is 16.5. The molecule has 1 saturated heterocycles. The van der Waals surface area contributed by atoms with Gasteiger partial charge in [0.05, 0.1) is 13.2 Å². The van der Waals surface area contributed by atoms with E-state index in [4.69, 9.17) is 4.74 Å². The van der Waals surface area contributed by atoms with Gasteiger partial charge in [-0.05, 0) is 17.7 Å². The minimum absolute atomic E-state index is 0.0811. The lowest BCUT2D eigenvalue weighted by atomic mass is 10.2. The highest BCUT2D eigenvalue weighted by Crippen LogP contribution is 2.11. The Morgan fingerprint density at radius 2 is 2.23 bits per heavy atom. The summed E-state index contributed by atoms with van der Waals surface area (Å²) in [7, 11) is 3.36. The van der Waals surface area contributed by atoms with Crippen molar-refractivity contribution in [2.24, 2.45) is 0 Å². The van der Waals surface area contributed by atoms with Crippen LogP contribution in [-0.4, -0.2) is 56.7 Å². The molecule has 7 nitrogen and oxygen atoms in total. The molecule has 120 valence electrons. The quantitative estimate of drug-likeness (QED) is 0.751. The van der Waals surface area contributed by atoms with Crippen LogP contribution in [0.5, 0.6) is 0 Å². The Kier molecular flexibility index (Phi) is 5.74. The van der Waals surface area contributed by atoms with Gasteiger partial charge in [-0.1, -0.05) is 12.1 Å². The van der Waals surface area contributed by atoms with Gasteiger partial charge in [0, 0.05) is 32.9 Å². The van der Waals surface area contributed by atoms with Crippen molar-refractivity contribution in [3.63, 3.8) is 0 Å². The van der Waals surface area contributed by atoms with Gasteiger partial charge in [-0.3, -0.25) is 4.79 Å². The first-order valence-electron chi connectivity index (χ1n) is 7.22. The molecule has 0 aromatic heterocycles. The molecular formula is C15H22N4O3. The second kappa shape index (κ2) is 7.77. The molecule has 1 unspecified atom stereocenters. The van der Waals surface area contributed by atoms with Crippen LogP contribution in [0.2, 0.25) is 0 Å². The predicted octanol–water partition coefficient (Wildman–Crippen LogP) is 0.385. The number of nitrogens with one attached hydrogen (secondary N) is 3. The average molecular weight is 306 g/mol. The minimum Gasteiger partial charge on any atom is -0.378 e. The van der Waals surface area contributed by atoms with E-state index in [0.29, 0.717) is 32.0 Å². The first-order chi connectivity index (χ1) is 10.6. The number of nitrogens with zero attached hydrogens (tertiary/aromatic N) is 1. The number of carbonyl (C=O) groups excluding carboxylic acids is 2. The smallest absolute Gasteiger partial charge is 0.321 e. The maximum Gasteiger partial charge on any atom is 0.321 e. The summed E-state index contributed by atoms with van der Waals surface area (Å²) in [5.74, 6) is -0.0811. The van der Waals surface area contributed by atoms with Crippen LogP contribution in [0.15, 0.2) is 24.3 Å². The normalized spacial score (nSPS) is 17.6. The summed E-state index contributed by atoms with van der Waals surface area (Å²) in [5.41, 5.74) is 1.62. The molecule has 1 fully saturated rings. The summed E-state index contributed by atoms with van der Waals surface area (Å²) in [6.07, 6.45) is 0.